The van der Waals surface area contributed by atoms with Crippen molar-refractivity contribution in [3.8, 4) is 11.1 Å². The average Bonchev–Trinajstić information content (AvgIpc) is 3.05. The molecule has 0 bridgehead atoms. The maximum Gasteiger partial charge on any atom is 0.258 e. The number of carbonyl (C=O) groups is 1. The molecule has 0 aliphatic carbocycles. The number of rotatable bonds is 9. The number of sulfone groups is 1. The van der Waals surface area contributed by atoms with E-state index < -0.39 is 9.84 Å². The first-order valence-electron chi connectivity index (χ1n) is 13.0. The van der Waals surface area contributed by atoms with E-state index in [0.717, 1.165) is 35.6 Å². The van der Waals surface area contributed by atoms with Gasteiger partial charge in [0.25, 0.3) is 5.56 Å². The number of fused-ring (bicyclic) bond motifs is 2. The minimum atomic E-state index is -3.19. The molecule has 0 atom stereocenters. The van der Waals surface area contributed by atoms with Gasteiger partial charge in [0.05, 0.1) is 16.5 Å². The summed E-state index contributed by atoms with van der Waals surface area (Å²) >= 11 is 6.74. The van der Waals surface area contributed by atoms with Gasteiger partial charge in [-0.05, 0) is 65.8 Å². The summed E-state index contributed by atoms with van der Waals surface area (Å²) in [6.45, 7) is 5.53. The molecule has 2 aromatic carbocycles. The summed E-state index contributed by atoms with van der Waals surface area (Å²) in [6.07, 6.45) is 6.53. The fraction of sp³-hybridized carbons (Fsp3) is 0.345. The molecule has 10 heteroatoms. The van der Waals surface area contributed by atoms with Gasteiger partial charge in [0.15, 0.2) is 0 Å². The van der Waals surface area contributed by atoms with Crippen LogP contribution in [0, 0.1) is 0 Å². The molecule has 8 nitrogen and oxygen atoms in total. The highest BCUT2D eigenvalue weighted by atomic mass is 35.5. The standard InChI is InChI=1S/C29H33ClN4O4S/c1-4-9-33(10-5-2)28(35)22-15-24-25(30)16-21(17-26(24)32-27(31)18-22)19-6-7-23-20(14-19)8-11-34(29(23)36)12-13-39(3,37)38/h6-8,11,14-17H,4-5,9-10,12-13,18H2,1-3H3,(H2,31,32). The lowest BCUT2D eigenvalue weighted by atomic mass is 9.98. The summed E-state index contributed by atoms with van der Waals surface area (Å²) in [5.74, 6) is 0.175. The smallest absolute Gasteiger partial charge is 0.258 e. The Kier molecular flexibility index (Phi) is 8.61. The third-order valence-electron chi connectivity index (χ3n) is 6.62. The van der Waals surface area contributed by atoms with Crippen LogP contribution in [0.3, 0.4) is 0 Å². The third-order valence-corrected chi connectivity index (χ3v) is 7.86. The monoisotopic (exact) mass is 568 g/mol. The number of amidine groups is 1. The van der Waals surface area contributed by atoms with Gasteiger partial charge in [-0.25, -0.2) is 13.4 Å². The number of halogens is 1. The molecule has 1 aromatic heterocycles. The quantitative estimate of drug-likeness (QED) is 0.398. The highest BCUT2D eigenvalue weighted by molar-refractivity contribution is 7.90. The predicted octanol–water partition coefficient (Wildman–Crippen LogP) is 4.79. The number of hydrogen-bond donors (Lipinski definition) is 1. The summed E-state index contributed by atoms with van der Waals surface area (Å²) in [5.41, 5.74) is 9.40. The molecule has 4 rings (SSSR count). The molecule has 3 aromatic rings. The summed E-state index contributed by atoms with van der Waals surface area (Å²) in [6, 6.07) is 10.9. The predicted molar refractivity (Wildman–Crippen MR) is 159 cm³/mol. The van der Waals surface area contributed by atoms with Crippen LogP contribution in [0.25, 0.3) is 28.0 Å². The van der Waals surface area contributed by atoms with Gasteiger partial charge in [0.1, 0.15) is 15.7 Å². The van der Waals surface area contributed by atoms with Gasteiger partial charge in [-0.15, -0.1) is 0 Å². The molecule has 1 amide bonds. The fourth-order valence-corrected chi connectivity index (χ4v) is 5.52. The van der Waals surface area contributed by atoms with Crippen LogP contribution in [0.2, 0.25) is 5.02 Å². The molecule has 206 valence electrons. The van der Waals surface area contributed by atoms with Crippen LogP contribution >= 0.6 is 11.6 Å². The second-order valence-electron chi connectivity index (χ2n) is 9.88. The maximum atomic E-state index is 13.3. The van der Waals surface area contributed by atoms with E-state index in [4.69, 9.17) is 17.3 Å². The second kappa shape index (κ2) is 11.8. The molecule has 2 N–H and O–H groups in total. The van der Waals surface area contributed by atoms with Gasteiger partial charge in [-0.2, -0.15) is 0 Å². The van der Waals surface area contributed by atoms with Crippen molar-refractivity contribution < 1.29 is 13.2 Å². The highest BCUT2D eigenvalue weighted by Crippen LogP contribution is 2.37. The summed E-state index contributed by atoms with van der Waals surface area (Å²) in [4.78, 5) is 32.6. The Morgan fingerprint density at radius 2 is 1.82 bits per heavy atom. The number of aromatic nitrogens is 1. The van der Waals surface area contributed by atoms with Crippen molar-refractivity contribution in [2.45, 2.75) is 39.7 Å². The Bertz CT molecular complexity index is 1650. The number of carbonyl (C=O) groups excluding carboxylic acids is 1. The summed E-state index contributed by atoms with van der Waals surface area (Å²) in [5, 5.41) is 1.66. The summed E-state index contributed by atoms with van der Waals surface area (Å²) in [7, 11) is -3.19. The van der Waals surface area contributed by atoms with Crippen molar-refractivity contribution in [3.05, 3.63) is 69.1 Å². The first kappa shape index (κ1) is 28.6. The van der Waals surface area contributed by atoms with E-state index in [-0.39, 0.29) is 30.2 Å². The Morgan fingerprint density at radius 1 is 1.10 bits per heavy atom. The lowest BCUT2D eigenvalue weighted by molar-refractivity contribution is -0.127. The molecule has 1 aliphatic rings. The Hall–Kier alpha value is -3.43. The number of benzene rings is 2. The molecule has 0 spiro atoms. The Balaban J connectivity index is 1.71. The number of nitrogens with two attached hydrogens (primary N) is 1. The molecular weight excluding hydrogens is 536 g/mol. The van der Waals surface area contributed by atoms with Crippen molar-refractivity contribution in [1.82, 2.24) is 9.47 Å². The summed E-state index contributed by atoms with van der Waals surface area (Å²) < 4.78 is 24.5. The van der Waals surface area contributed by atoms with E-state index in [1.807, 2.05) is 43.0 Å². The van der Waals surface area contributed by atoms with Crippen molar-refractivity contribution >= 4 is 55.7 Å². The van der Waals surface area contributed by atoms with E-state index in [0.29, 0.717) is 46.2 Å². The SMILES string of the molecule is CCCN(CCC)C(=O)C1=Cc2c(Cl)cc(-c3ccc4c(=O)n(CCS(C)(=O)=O)ccc4c3)cc2N=C(N)C1. The molecule has 0 saturated heterocycles. The number of pyridine rings is 1. The van der Waals surface area contributed by atoms with E-state index in [2.05, 4.69) is 4.99 Å². The van der Waals surface area contributed by atoms with Gasteiger partial charge in [0.2, 0.25) is 5.91 Å². The largest absolute Gasteiger partial charge is 0.387 e. The van der Waals surface area contributed by atoms with Crippen LogP contribution in [0.15, 0.2) is 58.0 Å². The lowest BCUT2D eigenvalue weighted by Gasteiger charge is -2.22. The maximum absolute atomic E-state index is 13.3. The van der Waals surface area contributed by atoms with Crippen molar-refractivity contribution in [3.63, 3.8) is 0 Å². The Labute approximate surface area is 233 Å². The number of amides is 1. The second-order valence-corrected chi connectivity index (χ2v) is 12.5. The highest BCUT2D eigenvalue weighted by Gasteiger charge is 2.22. The average molecular weight is 569 g/mol. The molecular formula is C29H33ClN4O4S. The van der Waals surface area contributed by atoms with Crippen LogP contribution in [-0.4, -0.2) is 54.7 Å². The molecule has 2 heterocycles. The molecule has 1 aliphatic heterocycles. The zero-order valence-electron chi connectivity index (χ0n) is 22.4. The van der Waals surface area contributed by atoms with Gasteiger partial charge in [-0.3, -0.25) is 9.59 Å². The minimum absolute atomic E-state index is 0.0541. The fourth-order valence-electron chi connectivity index (χ4n) is 4.72. The molecule has 0 fully saturated rings. The van der Waals surface area contributed by atoms with Crippen LogP contribution in [0.1, 0.15) is 38.7 Å². The zero-order valence-corrected chi connectivity index (χ0v) is 24.0. The Morgan fingerprint density at radius 3 is 2.49 bits per heavy atom. The molecule has 0 radical (unpaired) electrons. The van der Waals surface area contributed by atoms with Crippen molar-refractivity contribution in [2.24, 2.45) is 10.7 Å². The van der Waals surface area contributed by atoms with Crippen LogP contribution < -0.4 is 11.3 Å². The number of aliphatic imine (C=N–C) groups is 1. The molecule has 39 heavy (non-hydrogen) atoms. The van der Waals surface area contributed by atoms with Gasteiger partial charge < -0.3 is 15.2 Å². The molecule has 0 saturated carbocycles. The minimum Gasteiger partial charge on any atom is -0.387 e. The van der Waals surface area contributed by atoms with E-state index in [1.54, 1.807) is 24.4 Å². The number of nitrogens with zero attached hydrogens (tertiary/aromatic N) is 3. The van der Waals surface area contributed by atoms with E-state index in [9.17, 15) is 18.0 Å². The number of aryl methyl sites for hydroxylation is 1. The van der Waals surface area contributed by atoms with Gasteiger partial charge in [0, 0.05) is 55.0 Å². The number of hydrogen-bond acceptors (Lipinski definition) is 6. The van der Waals surface area contributed by atoms with Crippen molar-refractivity contribution in [2.75, 3.05) is 25.1 Å². The van der Waals surface area contributed by atoms with E-state index >= 15 is 0 Å². The van der Waals surface area contributed by atoms with Crippen molar-refractivity contribution in [1.29, 1.82) is 0 Å². The molecule has 0 unspecified atom stereocenters. The third kappa shape index (κ3) is 6.59. The van der Waals surface area contributed by atoms with Gasteiger partial charge >= 0.3 is 0 Å². The lowest BCUT2D eigenvalue weighted by Crippen LogP contribution is -2.34. The first-order chi connectivity index (χ1) is 18.5. The zero-order chi connectivity index (χ0) is 28.3. The first-order valence-corrected chi connectivity index (χ1v) is 15.4. The normalized spacial score (nSPS) is 13.4. The van der Waals surface area contributed by atoms with E-state index in [1.165, 1.54) is 4.57 Å². The van der Waals surface area contributed by atoms with Crippen LogP contribution in [0.5, 0.6) is 0 Å². The van der Waals surface area contributed by atoms with Crippen LogP contribution in [-0.2, 0) is 21.2 Å². The van der Waals surface area contributed by atoms with Crippen LogP contribution in [0.4, 0.5) is 5.69 Å². The van der Waals surface area contributed by atoms with Gasteiger partial charge in [-0.1, -0.05) is 31.5 Å². The topological polar surface area (TPSA) is 115 Å².